The fourth-order valence-electron chi connectivity index (χ4n) is 2.54. The number of pyridine rings is 1. The summed E-state index contributed by atoms with van der Waals surface area (Å²) in [6.07, 6.45) is 2.68. The Hall–Kier alpha value is -2.38. The molecule has 1 amide bonds. The average Bonchev–Trinajstić information content (AvgIpc) is 2.45. The zero-order valence-electron chi connectivity index (χ0n) is 13.6. The number of carbonyl (C=O) groups excluding carboxylic acids is 1. The van der Waals surface area contributed by atoms with E-state index >= 15 is 0 Å². The van der Waals surface area contributed by atoms with E-state index < -0.39 is 16.6 Å². The van der Waals surface area contributed by atoms with Crippen molar-refractivity contribution in [3.05, 3.63) is 28.4 Å². The third-order valence-electron chi connectivity index (χ3n) is 3.40. The van der Waals surface area contributed by atoms with Gasteiger partial charge in [-0.3, -0.25) is 10.1 Å². The molecule has 0 aliphatic carbocycles. The van der Waals surface area contributed by atoms with Crippen LogP contribution in [0, 0.1) is 10.1 Å². The van der Waals surface area contributed by atoms with E-state index in [1.54, 1.807) is 26.8 Å². The van der Waals surface area contributed by atoms with E-state index in [4.69, 9.17) is 4.74 Å². The minimum atomic E-state index is -0.557. The number of hydrogen-bond donors (Lipinski definition) is 1. The molecule has 0 aromatic carbocycles. The van der Waals surface area contributed by atoms with Crippen LogP contribution in [-0.4, -0.2) is 40.7 Å². The Balaban J connectivity index is 2.04. The summed E-state index contributed by atoms with van der Waals surface area (Å²) in [5.74, 6) is 0.341. The fourth-order valence-corrected chi connectivity index (χ4v) is 2.54. The maximum absolute atomic E-state index is 11.9. The highest BCUT2D eigenvalue weighted by Gasteiger charge is 2.28. The molecular formula is C15H22N4O4. The first-order valence-corrected chi connectivity index (χ1v) is 7.60. The first-order valence-electron chi connectivity index (χ1n) is 7.60. The zero-order valence-corrected chi connectivity index (χ0v) is 13.6. The normalized spacial score (nSPS) is 18.4. The van der Waals surface area contributed by atoms with E-state index in [2.05, 4.69) is 10.3 Å². The quantitative estimate of drug-likeness (QED) is 0.678. The highest BCUT2D eigenvalue weighted by Crippen LogP contribution is 2.27. The van der Waals surface area contributed by atoms with Crippen molar-refractivity contribution in [1.29, 1.82) is 0 Å². The Morgan fingerprint density at radius 1 is 1.52 bits per heavy atom. The third kappa shape index (κ3) is 4.80. The molecule has 0 spiro atoms. The molecule has 0 unspecified atom stereocenters. The summed E-state index contributed by atoms with van der Waals surface area (Å²) in [6.45, 7) is 6.55. The number of amides is 1. The standard InChI is InChI=1S/C15H22N4O4/c1-15(2,3)23-14(20)17-11-6-5-9-18(10-11)13-12(19(21)22)7-4-8-16-13/h4,7-8,11H,5-6,9-10H2,1-3H3,(H,17,20)/t11-/m1/s1. The summed E-state index contributed by atoms with van der Waals surface area (Å²) in [7, 11) is 0. The highest BCUT2D eigenvalue weighted by atomic mass is 16.6. The summed E-state index contributed by atoms with van der Waals surface area (Å²) >= 11 is 0. The van der Waals surface area contributed by atoms with E-state index in [1.807, 2.05) is 4.90 Å². The van der Waals surface area contributed by atoms with Crippen molar-refractivity contribution in [3.63, 3.8) is 0 Å². The van der Waals surface area contributed by atoms with Crippen LogP contribution < -0.4 is 10.2 Å². The second-order valence-corrected chi connectivity index (χ2v) is 6.53. The van der Waals surface area contributed by atoms with E-state index in [9.17, 15) is 14.9 Å². The van der Waals surface area contributed by atoms with Crippen molar-refractivity contribution in [2.24, 2.45) is 0 Å². The Kier molecular flexibility index (Phi) is 5.02. The van der Waals surface area contributed by atoms with Crippen molar-refractivity contribution in [2.75, 3.05) is 18.0 Å². The number of ether oxygens (including phenoxy) is 1. The van der Waals surface area contributed by atoms with Gasteiger partial charge in [-0.1, -0.05) is 0 Å². The van der Waals surface area contributed by atoms with Crippen molar-refractivity contribution >= 4 is 17.6 Å². The van der Waals surface area contributed by atoms with Crippen LogP contribution in [0.25, 0.3) is 0 Å². The van der Waals surface area contributed by atoms with Gasteiger partial charge in [-0.15, -0.1) is 0 Å². The van der Waals surface area contributed by atoms with Crippen molar-refractivity contribution < 1.29 is 14.5 Å². The predicted molar refractivity (Wildman–Crippen MR) is 85.5 cm³/mol. The Morgan fingerprint density at radius 3 is 2.91 bits per heavy atom. The van der Waals surface area contributed by atoms with Crippen molar-refractivity contribution in [3.8, 4) is 0 Å². The minimum absolute atomic E-state index is 0.0228. The van der Waals surface area contributed by atoms with Gasteiger partial charge in [0, 0.05) is 31.4 Å². The minimum Gasteiger partial charge on any atom is -0.444 e. The van der Waals surface area contributed by atoms with Gasteiger partial charge in [0.05, 0.1) is 4.92 Å². The molecule has 1 N–H and O–H groups in total. The van der Waals surface area contributed by atoms with Gasteiger partial charge >= 0.3 is 11.8 Å². The van der Waals surface area contributed by atoms with Gasteiger partial charge in [0.25, 0.3) is 0 Å². The number of hydrogen-bond acceptors (Lipinski definition) is 6. The van der Waals surface area contributed by atoms with Crippen LogP contribution in [-0.2, 0) is 4.74 Å². The predicted octanol–water partition coefficient (Wildman–Crippen LogP) is 2.48. The van der Waals surface area contributed by atoms with Crippen LogP contribution in [0.2, 0.25) is 0 Å². The van der Waals surface area contributed by atoms with E-state index in [1.165, 1.54) is 12.3 Å². The summed E-state index contributed by atoms with van der Waals surface area (Å²) < 4.78 is 5.25. The molecule has 0 radical (unpaired) electrons. The second-order valence-electron chi connectivity index (χ2n) is 6.53. The zero-order chi connectivity index (χ0) is 17.0. The number of rotatable bonds is 3. The molecule has 8 nitrogen and oxygen atoms in total. The number of anilines is 1. The van der Waals surface area contributed by atoms with Gasteiger partial charge in [-0.2, -0.15) is 0 Å². The first-order chi connectivity index (χ1) is 10.8. The largest absolute Gasteiger partial charge is 0.444 e. The molecule has 0 bridgehead atoms. The molecule has 1 aliphatic heterocycles. The number of carbonyl (C=O) groups is 1. The Labute approximate surface area is 135 Å². The molecule has 1 aliphatic rings. The highest BCUT2D eigenvalue weighted by molar-refractivity contribution is 5.68. The maximum Gasteiger partial charge on any atom is 0.407 e. The van der Waals surface area contributed by atoms with Crippen LogP contribution in [0.3, 0.4) is 0 Å². The smallest absolute Gasteiger partial charge is 0.407 e. The Bertz CT molecular complexity index is 585. The van der Waals surface area contributed by atoms with Crippen molar-refractivity contribution in [1.82, 2.24) is 10.3 Å². The lowest BCUT2D eigenvalue weighted by molar-refractivity contribution is -0.384. The van der Waals surface area contributed by atoms with E-state index in [-0.39, 0.29) is 11.7 Å². The molecule has 23 heavy (non-hydrogen) atoms. The van der Waals surface area contributed by atoms with Gasteiger partial charge in [0.1, 0.15) is 5.60 Å². The summed E-state index contributed by atoms with van der Waals surface area (Å²) in [6, 6.07) is 2.86. The van der Waals surface area contributed by atoms with Gasteiger partial charge in [0.2, 0.25) is 5.82 Å². The van der Waals surface area contributed by atoms with Crippen LogP contribution in [0.4, 0.5) is 16.3 Å². The molecule has 1 aromatic heterocycles. The lowest BCUT2D eigenvalue weighted by Gasteiger charge is -2.33. The van der Waals surface area contributed by atoms with E-state index in [0.717, 1.165) is 12.8 Å². The molecule has 1 fully saturated rings. The molecule has 0 saturated carbocycles. The molecule has 1 atom stereocenters. The van der Waals surface area contributed by atoms with Gasteiger partial charge in [-0.05, 0) is 39.7 Å². The third-order valence-corrected chi connectivity index (χ3v) is 3.40. The molecule has 2 heterocycles. The Morgan fingerprint density at radius 2 is 2.26 bits per heavy atom. The van der Waals surface area contributed by atoms with Gasteiger partial charge < -0.3 is 15.0 Å². The molecule has 1 saturated heterocycles. The number of nitro groups is 1. The van der Waals surface area contributed by atoms with Gasteiger partial charge in [0.15, 0.2) is 0 Å². The number of piperidine rings is 1. The lowest BCUT2D eigenvalue weighted by atomic mass is 10.1. The van der Waals surface area contributed by atoms with Crippen LogP contribution in [0.5, 0.6) is 0 Å². The first kappa shape index (κ1) is 17.0. The summed E-state index contributed by atoms with van der Waals surface area (Å²) in [5, 5.41) is 14.0. The fraction of sp³-hybridized carbons (Fsp3) is 0.600. The van der Waals surface area contributed by atoms with Crippen LogP contribution >= 0.6 is 0 Å². The average molecular weight is 322 g/mol. The number of alkyl carbamates (subject to hydrolysis) is 1. The maximum atomic E-state index is 11.9. The number of nitrogens with one attached hydrogen (secondary N) is 1. The molecule has 1 aromatic rings. The molecule has 8 heteroatoms. The topological polar surface area (TPSA) is 97.6 Å². The van der Waals surface area contributed by atoms with Gasteiger partial charge in [-0.25, -0.2) is 9.78 Å². The van der Waals surface area contributed by atoms with Crippen LogP contribution in [0.1, 0.15) is 33.6 Å². The summed E-state index contributed by atoms with van der Waals surface area (Å²) in [5.41, 5.74) is -0.580. The number of aromatic nitrogens is 1. The monoisotopic (exact) mass is 322 g/mol. The van der Waals surface area contributed by atoms with E-state index in [0.29, 0.717) is 18.9 Å². The van der Waals surface area contributed by atoms with Crippen molar-refractivity contribution in [2.45, 2.75) is 45.3 Å². The van der Waals surface area contributed by atoms with Crippen LogP contribution in [0.15, 0.2) is 18.3 Å². The number of nitrogens with zero attached hydrogens (tertiary/aromatic N) is 3. The molecule has 126 valence electrons. The SMILES string of the molecule is CC(C)(C)OC(=O)N[C@@H]1CCCN(c2ncccc2[N+](=O)[O-])C1. The lowest BCUT2D eigenvalue weighted by Crippen LogP contribution is -2.49. The molecule has 2 rings (SSSR count). The summed E-state index contributed by atoms with van der Waals surface area (Å²) in [4.78, 5) is 28.5. The molecular weight excluding hydrogens is 300 g/mol. The second kappa shape index (κ2) is 6.80.